The van der Waals surface area contributed by atoms with Gasteiger partial charge < -0.3 is 9.73 Å². The van der Waals surface area contributed by atoms with Gasteiger partial charge in [0.05, 0.1) is 17.9 Å². The van der Waals surface area contributed by atoms with Gasteiger partial charge in [-0.2, -0.15) is 5.10 Å². The van der Waals surface area contributed by atoms with Crippen LogP contribution in [0.3, 0.4) is 0 Å². The highest BCUT2D eigenvalue weighted by molar-refractivity contribution is 5.76. The summed E-state index contributed by atoms with van der Waals surface area (Å²) in [6.07, 6.45) is 5.61. The van der Waals surface area contributed by atoms with E-state index in [0.717, 1.165) is 16.8 Å². The molecule has 2 aromatic heterocycles. The maximum atomic E-state index is 12.3. The van der Waals surface area contributed by atoms with Crippen LogP contribution in [0.5, 0.6) is 0 Å². The third-order valence-corrected chi connectivity index (χ3v) is 4.63. The lowest BCUT2D eigenvalue weighted by molar-refractivity contribution is -0.121. The molecule has 146 valence electrons. The monoisotopic (exact) mass is 387 g/mol. The van der Waals surface area contributed by atoms with E-state index >= 15 is 0 Å². The third-order valence-electron chi connectivity index (χ3n) is 4.63. The second kappa shape index (κ2) is 8.52. The number of rotatable bonds is 7. The minimum absolute atomic E-state index is 0.0442. The quantitative estimate of drug-likeness (QED) is 0.522. The van der Waals surface area contributed by atoms with E-state index < -0.39 is 0 Å². The Bertz CT molecular complexity index is 1060. The molecule has 1 atom stereocenters. The van der Waals surface area contributed by atoms with Crippen LogP contribution in [0.1, 0.15) is 30.8 Å². The summed E-state index contributed by atoms with van der Waals surface area (Å²) in [6, 6.07) is 17.5. The number of aryl methyl sites for hydroxylation is 1. The van der Waals surface area contributed by atoms with E-state index in [1.165, 1.54) is 6.33 Å². The summed E-state index contributed by atoms with van der Waals surface area (Å²) >= 11 is 0. The third kappa shape index (κ3) is 4.57. The number of hydrogen-bond donors (Lipinski definition) is 1. The van der Waals surface area contributed by atoms with Crippen molar-refractivity contribution in [1.82, 2.24) is 25.1 Å². The van der Waals surface area contributed by atoms with Gasteiger partial charge in [0.2, 0.25) is 5.91 Å². The van der Waals surface area contributed by atoms with Gasteiger partial charge in [0.15, 0.2) is 11.7 Å². The topological polar surface area (TPSA) is 85.8 Å². The van der Waals surface area contributed by atoms with Crippen molar-refractivity contribution in [1.29, 1.82) is 0 Å². The molecule has 0 fully saturated rings. The molecule has 0 spiro atoms. The zero-order chi connectivity index (χ0) is 20.1. The molecule has 0 radical (unpaired) electrons. The average molecular weight is 387 g/mol. The van der Waals surface area contributed by atoms with Crippen LogP contribution >= 0.6 is 0 Å². The van der Waals surface area contributed by atoms with Crippen LogP contribution < -0.4 is 5.32 Å². The molecule has 0 aliphatic carbocycles. The van der Waals surface area contributed by atoms with Crippen LogP contribution in [0.25, 0.3) is 17.0 Å². The highest BCUT2D eigenvalue weighted by Gasteiger charge is 2.12. The van der Waals surface area contributed by atoms with Gasteiger partial charge in [-0.05, 0) is 24.6 Å². The maximum absolute atomic E-state index is 12.3. The molecule has 2 heterocycles. The minimum atomic E-state index is -0.100. The number of nitrogens with one attached hydrogen (secondary N) is 1. The van der Waals surface area contributed by atoms with Crippen molar-refractivity contribution in [3.63, 3.8) is 0 Å². The minimum Gasteiger partial charge on any atom is -0.441 e. The summed E-state index contributed by atoms with van der Waals surface area (Å²) in [5.41, 5.74) is 2.91. The largest absolute Gasteiger partial charge is 0.441 e. The number of aromatic nitrogens is 4. The molecule has 7 heteroatoms. The molecule has 0 saturated heterocycles. The zero-order valence-corrected chi connectivity index (χ0v) is 16.0. The fraction of sp³-hybridized carbons (Fsp3) is 0.182. The summed E-state index contributed by atoms with van der Waals surface area (Å²) in [5, 5.41) is 7.12. The fourth-order valence-corrected chi connectivity index (χ4v) is 3.04. The second-order valence-electron chi connectivity index (χ2n) is 6.71. The van der Waals surface area contributed by atoms with E-state index in [4.69, 9.17) is 4.42 Å². The second-order valence-corrected chi connectivity index (χ2v) is 6.71. The normalized spacial score (nSPS) is 11.9. The number of amides is 1. The van der Waals surface area contributed by atoms with E-state index in [0.29, 0.717) is 24.5 Å². The van der Waals surface area contributed by atoms with Crippen molar-refractivity contribution >= 4 is 5.91 Å². The van der Waals surface area contributed by atoms with Gasteiger partial charge in [0.25, 0.3) is 0 Å². The molecule has 2 aromatic carbocycles. The molecular weight excluding hydrogens is 366 g/mol. The fourth-order valence-electron chi connectivity index (χ4n) is 3.04. The summed E-state index contributed by atoms with van der Waals surface area (Å²) in [4.78, 5) is 20.5. The predicted molar refractivity (Wildman–Crippen MR) is 108 cm³/mol. The van der Waals surface area contributed by atoms with Gasteiger partial charge in [-0.1, -0.05) is 42.5 Å². The smallest absolute Gasteiger partial charge is 0.220 e. The van der Waals surface area contributed by atoms with Gasteiger partial charge in [-0.3, -0.25) is 4.79 Å². The maximum Gasteiger partial charge on any atom is 0.220 e. The molecule has 4 rings (SSSR count). The van der Waals surface area contributed by atoms with E-state index in [1.54, 1.807) is 17.2 Å². The van der Waals surface area contributed by atoms with Crippen LogP contribution in [-0.2, 0) is 11.2 Å². The first-order chi connectivity index (χ1) is 14.2. The standard InChI is InChI=1S/C22H21N5O2/c1-16(17-7-9-19(10-8-17)27-15-23-14-25-27)26-21(28)11-12-22-24-13-20(29-22)18-5-3-2-4-6-18/h2-10,13-16H,11-12H2,1H3,(H,26,28). The molecular formula is C22H21N5O2. The van der Waals surface area contributed by atoms with Crippen LogP contribution in [0.4, 0.5) is 0 Å². The molecule has 1 N–H and O–H groups in total. The number of carbonyl (C=O) groups excluding carboxylic acids is 1. The molecule has 4 aromatic rings. The predicted octanol–water partition coefficient (Wildman–Crippen LogP) is 3.73. The number of benzene rings is 2. The van der Waals surface area contributed by atoms with Crippen LogP contribution in [0, 0.1) is 0 Å². The highest BCUT2D eigenvalue weighted by atomic mass is 16.4. The molecule has 0 aliphatic rings. The first kappa shape index (κ1) is 18.6. The molecule has 1 unspecified atom stereocenters. The van der Waals surface area contributed by atoms with Gasteiger partial charge in [-0.15, -0.1) is 0 Å². The Labute approximate surface area is 168 Å². The Morgan fingerprint density at radius 3 is 2.66 bits per heavy atom. The van der Waals surface area contributed by atoms with Gasteiger partial charge in [-0.25, -0.2) is 14.6 Å². The lowest BCUT2D eigenvalue weighted by Crippen LogP contribution is -2.26. The summed E-state index contributed by atoms with van der Waals surface area (Å²) < 4.78 is 7.44. The first-order valence-electron chi connectivity index (χ1n) is 9.43. The number of oxazole rings is 1. The first-order valence-corrected chi connectivity index (χ1v) is 9.43. The van der Waals surface area contributed by atoms with Crippen molar-refractivity contribution in [3.8, 4) is 17.0 Å². The number of hydrogen-bond acceptors (Lipinski definition) is 5. The van der Waals surface area contributed by atoms with Gasteiger partial charge >= 0.3 is 0 Å². The van der Waals surface area contributed by atoms with Crippen molar-refractivity contribution < 1.29 is 9.21 Å². The average Bonchev–Trinajstić information content (AvgIpc) is 3.45. The van der Waals surface area contributed by atoms with E-state index in [1.807, 2.05) is 61.5 Å². The van der Waals surface area contributed by atoms with Crippen molar-refractivity contribution in [3.05, 3.63) is 84.9 Å². The Morgan fingerprint density at radius 2 is 1.93 bits per heavy atom. The van der Waals surface area contributed by atoms with E-state index in [2.05, 4.69) is 20.4 Å². The van der Waals surface area contributed by atoms with Gasteiger partial charge in [0.1, 0.15) is 12.7 Å². The lowest BCUT2D eigenvalue weighted by atomic mass is 10.1. The molecule has 0 saturated carbocycles. The highest BCUT2D eigenvalue weighted by Crippen LogP contribution is 2.20. The summed E-state index contributed by atoms with van der Waals surface area (Å²) in [7, 11) is 0. The van der Waals surface area contributed by atoms with Crippen molar-refractivity contribution in [2.24, 2.45) is 0 Å². The molecule has 7 nitrogen and oxygen atoms in total. The molecule has 0 aliphatic heterocycles. The van der Waals surface area contributed by atoms with Crippen molar-refractivity contribution in [2.45, 2.75) is 25.8 Å². The Kier molecular flexibility index (Phi) is 5.47. The summed E-state index contributed by atoms with van der Waals surface area (Å²) in [5.74, 6) is 1.23. The SMILES string of the molecule is CC(NC(=O)CCc1ncc(-c2ccccc2)o1)c1ccc(-n2cncn2)cc1. The Hall–Kier alpha value is -3.74. The van der Waals surface area contributed by atoms with E-state index in [9.17, 15) is 4.79 Å². The summed E-state index contributed by atoms with van der Waals surface area (Å²) in [6.45, 7) is 1.96. The molecule has 0 bridgehead atoms. The Morgan fingerprint density at radius 1 is 1.14 bits per heavy atom. The van der Waals surface area contributed by atoms with Crippen LogP contribution in [0.15, 0.2) is 77.9 Å². The lowest BCUT2D eigenvalue weighted by Gasteiger charge is -2.14. The number of nitrogens with zero attached hydrogens (tertiary/aromatic N) is 4. The van der Waals surface area contributed by atoms with Crippen molar-refractivity contribution in [2.75, 3.05) is 0 Å². The number of carbonyl (C=O) groups is 1. The van der Waals surface area contributed by atoms with Crippen LogP contribution in [0.2, 0.25) is 0 Å². The van der Waals surface area contributed by atoms with E-state index in [-0.39, 0.29) is 11.9 Å². The molecule has 1 amide bonds. The van der Waals surface area contributed by atoms with Gasteiger partial charge in [0, 0.05) is 18.4 Å². The van der Waals surface area contributed by atoms with Crippen LogP contribution in [-0.4, -0.2) is 25.7 Å². The Balaban J connectivity index is 1.30. The molecule has 29 heavy (non-hydrogen) atoms. The zero-order valence-electron chi connectivity index (χ0n) is 16.0.